The molecule has 0 atom stereocenters. The average molecular weight is 276 g/mol. The van der Waals surface area contributed by atoms with Gasteiger partial charge < -0.3 is 9.80 Å². The molecule has 3 nitrogen and oxygen atoms in total. The average Bonchev–Trinajstić information content (AvgIpc) is 2.21. The molecule has 0 aliphatic heterocycles. The van der Waals surface area contributed by atoms with Gasteiger partial charge in [-0.2, -0.15) is 22.0 Å². The number of hydrogen-bond donors (Lipinski definition) is 0. The van der Waals surface area contributed by atoms with E-state index >= 15 is 0 Å². The first-order chi connectivity index (χ1) is 8.04. The minimum absolute atomic E-state index is 0.126. The quantitative estimate of drug-likeness (QED) is 0.693. The SMILES string of the molecule is CCN(CCCN(C)C)C(=O)C(F)(F)C(F)(F)F. The van der Waals surface area contributed by atoms with Gasteiger partial charge in [-0.15, -0.1) is 0 Å². The van der Waals surface area contributed by atoms with E-state index in [-0.39, 0.29) is 13.1 Å². The van der Waals surface area contributed by atoms with Crippen LogP contribution < -0.4 is 0 Å². The molecule has 0 heterocycles. The van der Waals surface area contributed by atoms with Crippen LogP contribution in [0.3, 0.4) is 0 Å². The molecule has 0 radical (unpaired) electrons. The molecule has 0 fully saturated rings. The topological polar surface area (TPSA) is 23.6 Å². The van der Waals surface area contributed by atoms with Crippen molar-refractivity contribution >= 4 is 5.91 Å². The fourth-order valence-corrected chi connectivity index (χ4v) is 1.30. The van der Waals surface area contributed by atoms with E-state index in [1.165, 1.54) is 6.92 Å². The molecule has 0 N–H and O–H groups in total. The van der Waals surface area contributed by atoms with Gasteiger partial charge in [0.25, 0.3) is 0 Å². The van der Waals surface area contributed by atoms with Crippen molar-refractivity contribution in [3.05, 3.63) is 0 Å². The molecule has 0 bridgehead atoms. The summed E-state index contributed by atoms with van der Waals surface area (Å²) in [4.78, 5) is 13.4. The molecular weight excluding hydrogens is 259 g/mol. The van der Waals surface area contributed by atoms with Crippen molar-refractivity contribution in [2.45, 2.75) is 25.4 Å². The maximum absolute atomic E-state index is 12.8. The lowest BCUT2D eigenvalue weighted by Crippen LogP contribution is -2.52. The molecule has 0 aliphatic rings. The Balaban J connectivity index is 4.62. The highest BCUT2D eigenvalue weighted by atomic mass is 19.4. The Morgan fingerprint density at radius 2 is 1.56 bits per heavy atom. The first kappa shape index (κ1) is 17.1. The van der Waals surface area contributed by atoms with Crippen LogP contribution in [0.1, 0.15) is 13.3 Å². The Kier molecular flexibility index (Phi) is 5.98. The van der Waals surface area contributed by atoms with Gasteiger partial charge in [-0.25, -0.2) is 0 Å². The fourth-order valence-electron chi connectivity index (χ4n) is 1.30. The standard InChI is InChI=1S/C10H17F5N2O/c1-4-17(7-5-6-16(2)3)8(18)9(11,12)10(13,14)15/h4-7H2,1-3H3. The summed E-state index contributed by atoms with van der Waals surface area (Å²) >= 11 is 0. The first-order valence-electron chi connectivity index (χ1n) is 5.42. The number of halogens is 5. The van der Waals surface area contributed by atoms with E-state index in [0.29, 0.717) is 17.9 Å². The molecule has 0 unspecified atom stereocenters. The molecule has 1 amide bonds. The van der Waals surface area contributed by atoms with E-state index in [1.54, 1.807) is 19.0 Å². The highest BCUT2D eigenvalue weighted by Crippen LogP contribution is 2.36. The maximum atomic E-state index is 12.8. The van der Waals surface area contributed by atoms with Crippen molar-refractivity contribution in [2.75, 3.05) is 33.7 Å². The summed E-state index contributed by atoms with van der Waals surface area (Å²) in [6.45, 7) is 1.55. The van der Waals surface area contributed by atoms with E-state index in [4.69, 9.17) is 0 Å². The van der Waals surface area contributed by atoms with Gasteiger partial charge in [0.1, 0.15) is 0 Å². The first-order valence-corrected chi connectivity index (χ1v) is 5.42. The second-order valence-corrected chi connectivity index (χ2v) is 4.11. The van der Waals surface area contributed by atoms with Crippen LogP contribution in [0, 0.1) is 0 Å². The second kappa shape index (κ2) is 6.31. The van der Waals surface area contributed by atoms with E-state index < -0.39 is 18.0 Å². The van der Waals surface area contributed by atoms with Crippen molar-refractivity contribution < 1.29 is 26.7 Å². The molecule has 0 aromatic heterocycles. The van der Waals surface area contributed by atoms with Crippen LogP contribution in [-0.2, 0) is 4.79 Å². The Labute approximate surface area is 103 Å². The summed E-state index contributed by atoms with van der Waals surface area (Å²) in [5, 5.41) is 0. The lowest BCUT2D eigenvalue weighted by molar-refractivity contribution is -0.274. The van der Waals surface area contributed by atoms with Crippen LogP contribution in [0.15, 0.2) is 0 Å². The maximum Gasteiger partial charge on any atom is 0.463 e. The van der Waals surface area contributed by atoms with Crippen LogP contribution in [0.2, 0.25) is 0 Å². The third-order valence-electron chi connectivity index (χ3n) is 2.33. The zero-order valence-corrected chi connectivity index (χ0v) is 10.5. The third-order valence-corrected chi connectivity index (χ3v) is 2.33. The summed E-state index contributed by atoms with van der Waals surface area (Å²) < 4.78 is 61.7. The van der Waals surface area contributed by atoms with Gasteiger partial charge in [-0.3, -0.25) is 4.79 Å². The number of nitrogens with zero attached hydrogens (tertiary/aromatic N) is 2. The molecule has 0 saturated heterocycles. The fraction of sp³-hybridized carbons (Fsp3) is 0.900. The monoisotopic (exact) mass is 276 g/mol. The zero-order chi connectivity index (χ0) is 14.6. The van der Waals surface area contributed by atoms with Gasteiger partial charge in [0.2, 0.25) is 0 Å². The van der Waals surface area contributed by atoms with Crippen molar-refractivity contribution in [3.8, 4) is 0 Å². The molecule has 18 heavy (non-hydrogen) atoms. The van der Waals surface area contributed by atoms with Crippen LogP contribution in [0.5, 0.6) is 0 Å². The molecule has 108 valence electrons. The van der Waals surface area contributed by atoms with E-state index in [9.17, 15) is 26.7 Å². The molecule has 0 aliphatic carbocycles. The van der Waals surface area contributed by atoms with Crippen LogP contribution in [0.25, 0.3) is 0 Å². The number of amides is 1. The Morgan fingerprint density at radius 3 is 1.89 bits per heavy atom. The second-order valence-electron chi connectivity index (χ2n) is 4.11. The van der Waals surface area contributed by atoms with Gasteiger partial charge in [0.15, 0.2) is 0 Å². The lowest BCUT2D eigenvalue weighted by atomic mass is 10.2. The van der Waals surface area contributed by atoms with Crippen LogP contribution in [0.4, 0.5) is 22.0 Å². The van der Waals surface area contributed by atoms with E-state index in [2.05, 4.69) is 0 Å². The summed E-state index contributed by atoms with van der Waals surface area (Å²) in [6, 6.07) is 0. The predicted octanol–water partition coefficient (Wildman–Crippen LogP) is 1.98. The summed E-state index contributed by atoms with van der Waals surface area (Å²) in [7, 11) is 3.48. The highest BCUT2D eigenvalue weighted by Gasteiger charge is 2.64. The predicted molar refractivity (Wildman–Crippen MR) is 56.4 cm³/mol. The smallest absolute Gasteiger partial charge is 0.337 e. The number of hydrogen-bond acceptors (Lipinski definition) is 2. The third kappa shape index (κ3) is 4.40. The summed E-state index contributed by atoms with van der Waals surface area (Å²) in [5.74, 6) is -7.50. The normalized spacial score (nSPS) is 12.9. The lowest BCUT2D eigenvalue weighted by Gasteiger charge is -2.27. The van der Waals surface area contributed by atoms with Crippen LogP contribution in [-0.4, -0.2) is 61.5 Å². The largest absolute Gasteiger partial charge is 0.463 e. The van der Waals surface area contributed by atoms with Crippen LogP contribution >= 0.6 is 0 Å². The zero-order valence-electron chi connectivity index (χ0n) is 10.5. The minimum atomic E-state index is -5.85. The minimum Gasteiger partial charge on any atom is -0.337 e. The van der Waals surface area contributed by atoms with Gasteiger partial charge in [0.05, 0.1) is 0 Å². The summed E-state index contributed by atoms with van der Waals surface area (Å²) in [6.07, 6.45) is -5.51. The van der Waals surface area contributed by atoms with Gasteiger partial charge in [-0.1, -0.05) is 0 Å². The van der Waals surface area contributed by atoms with Crippen molar-refractivity contribution in [1.29, 1.82) is 0 Å². The number of alkyl halides is 5. The molecule has 8 heteroatoms. The molecule has 0 saturated carbocycles. The van der Waals surface area contributed by atoms with E-state index in [1.807, 2.05) is 0 Å². The molecule has 0 aromatic rings. The number of carbonyl (C=O) groups is 1. The van der Waals surface area contributed by atoms with Gasteiger partial charge in [0, 0.05) is 13.1 Å². The number of carbonyl (C=O) groups excluding carboxylic acids is 1. The van der Waals surface area contributed by atoms with E-state index in [0.717, 1.165) is 0 Å². The Hall–Kier alpha value is -0.920. The van der Waals surface area contributed by atoms with Crippen molar-refractivity contribution in [2.24, 2.45) is 0 Å². The number of rotatable bonds is 6. The molecule has 0 spiro atoms. The molecular formula is C10H17F5N2O. The summed E-state index contributed by atoms with van der Waals surface area (Å²) in [5.41, 5.74) is 0. The highest BCUT2D eigenvalue weighted by molar-refractivity contribution is 5.84. The van der Waals surface area contributed by atoms with Gasteiger partial charge in [-0.05, 0) is 34.0 Å². The Bertz CT molecular complexity index is 278. The van der Waals surface area contributed by atoms with Crippen molar-refractivity contribution in [1.82, 2.24) is 9.80 Å². The Morgan fingerprint density at radius 1 is 1.06 bits per heavy atom. The van der Waals surface area contributed by atoms with Crippen molar-refractivity contribution in [3.63, 3.8) is 0 Å². The molecule has 0 rings (SSSR count). The molecule has 0 aromatic carbocycles. The van der Waals surface area contributed by atoms with Gasteiger partial charge >= 0.3 is 18.0 Å².